The number of benzene rings is 2. The number of nitrogens with one attached hydrogen (secondary N) is 1. The van der Waals surface area contributed by atoms with E-state index in [2.05, 4.69) is 5.32 Å². The van der Waals surface area contributed by atoms with Gasteiger partial charge in [0.25, 0.3) is 0 Å². The van der Waals surface area contributed by atoms with Crippen molar-refractivity contribution in [2.24, 2.45) is 0 Å². The molecule has 0 saturated heterocycles. The molecule has 2 amide bonds. The van der Waals surface area contributed by atoms with E-state index in [9.17, 15) is 18.0 Å². The lowest BCUT2D eigenvalue weighted by molar-refractivity contribution is -0.142. The van der Waals surface area contributed by atoms with Crippen molar-refractivity contribution < 1.29 is 18.0 Å². The molecule has 186 valence electrons. The Balaban J connectivity index is 2.36. The highest BCUT2D eigenvalue weighted by Crippen LogP contribution is 2.20. The number of likely N-dealkylation sites (N-methyl/N-ethyl adjacent to an activating group) is 1. The molecule has 7 nitrogen and oxygen atoms in total. The maximum Gasteiger partial charge on any atom is 0.243 e. The Bertz CT molecular complexity index is 1110. The van der Waals surface area contributed by atoms with Gasteiger partial charge in [0.05, 0.1) is 11.4 Å². The number of carbonyl (C=O) groups is 2. The third-order valence-electron chi connectivity index (χ3n) is 5.37. The van der Waals surface area contributed by atoms with Crippen LogP contribution in [0.2, 0.25) is 5.02 Å². The van der Waals surface area contributed by atoms with Crippen LogP contribution < -0.4 is 5.32 Å². The number of amides is 2. The number of sulfonamides is 1. The highest BCUT2D eigenvalue weighted by atomic mass is 35.5. The molecule has 1 N–H and O–H groups in total. The summed E-state index contributed by atoms with van der Waals surface area (Å²) in [6.45, 7) is 9.17. The average Bonchev–Trinajstić information content (AvgIpc) is 2.73. The summed E-state index contributed by atoms with van der Waals surface area (Å²) in [4.78, 5) is 28.1. The maximum absolute atomic E-state index is 13.5. The largest absolute Gasteiger partial charge is 0.350 e. The van der Waals surface area contributed by atoms with Crippen LogP contribution in [0.25, 0.3) is 0 Å². The minimum absolute atomic E-state index is 0.0372. The van der Waals surface area contributed by atoms with Crippen LogP contribution in [0.5, 0.6) is 0 Å². The highest BCUT2D eigenvalue weighted by molar-refractivity contribution is 7.89. The van der Waals surface area contributed by atoms with Crippen molar-refractivity contribution in [1.82, 2.24) is 14.5 Å². The van der Waals surface area contributed by atoms with Crippen LogP contribution in [0.4, 0.5) is 0 Å². The van der Waals surface area contributed by atoms with Crippen LogP contribution >= 0.6 is 11.6 Å². The predicted octanol–water partition coefficient (Wildman–Crippen LogP) is 3.99. The Morgan fingerprint density at radius 3 is 2.18 bits per heavy atom. The molecule has 0 fully saturated rings. The first-order valence-corrected chi connectivity index (χ1v) is 13.0. The predicted molar refractivity (Wildman–Crippen MR) is 135 cm³/mol. The second-order valence-corrected chi connectivity index (χ2v) is 11.8. The molecule has 9 heteroatoms. The van der Waals surface area contributed by atoms with Gasteiger partial charge in [0.2, 0.25) is 21.8 Å². The quantitative estimate of drug-likeness (QED) is 0.556. The van der Waals surface area contributed by atoms with Gasteiger partial charge >= 0.3 is 0 Å². The molecule has 2 rings (SSSR count). The first-order chi connectivity index (χ1) is 15.8. The standard InChI is InChI=1S/C25H34ClN3O4S/c1-7-22(24(31)27-25(3,4)5)29(16-19-11-9-8-10-18(19)2)23(30)17-28(6)34(32,33)21-14-12-20(26)13-15-21/h8-15,22H,7,16-17H2,1-6H3,(H,27,31)/t22-/m1/s1. The lowest BCUT2D eigenvalue weighted by Crippen LogP contribution is -2.55. The SMILES string of the molecule is CC[C@H](C(=O)NC(C)(C)C)N(Cc1ccccc1C)C(=O)CN(C)S(=O)(=O)c1ccc(Cl)cc1. The fourth-order valence-corrected chi connectivity index (χ4v) is 4.74. The molecule has 2 aromatic rings. The number of halogens is 1. The summed E-state index contributed by atoms with van der Waals surface area (Å²) in [6, 6.07) is 12.6. The van der Waals surface area contributed by atoms with E-state index in [0.29, 0.717) is 11.4 Å². The van der Waals surface area contributed by atoms with Crippen LogP contribution in [0, 0.1) is 6.92 Å². The van der Waals surface area contributed by atoms with Crippen molar-refractivity contribution in [3.63, 3.8) is 0 Å². The summed E-state index contributed by atoms with van der Waals surface area (Å²) in [6.07, 6.45) is 0.382. The van der Waals surface area contributed by atoms with Gasteiger partial charge in [-0.1, -0.05) is 42.8 Å². The molecular formula is C25H34ClN3O4S. The molecule has 0 unspecified atom stereocenters. The van der Waals surface area contributed by atoms with Gasteiger partial charge in [-0.15, -0.1) is 0 Å². The van der Waals surface area contributed by atoms with Gasteiger partial charge in [0.15, 0.2) is 0 Å². The minimum atomic E-state index is -3.92. The fourth-order valence-electron chi connectivity index (χ4n) is 3.50. The smallest absolute Gasteiger partial charge is 0.243 e. The minimum Gasteiger partial charge on any atom is -0.350 e. The Morgan fingerprint density at radius 1 is 1.06 bits per heavy atom. The zero-order valence-corrected chi connectivity index (χ0v) is 22.2. The van der Waals surface area contributed by atoms with Gasteiger partial charge in [-0.3, -0.25) is 9.59 Å². The molecule has 0 aliphatic heterocycles. The highest BCUT2D eigenvalue weighted by Gasteiger charge is 2.33. The summed E-state index contributed by atoms with van der Waals surface area (Å²) in [5.74, 6) is -0.737. The first kappa shape index (κ1) is 27.8. The Kier molecular flexibility index (Phi) is 9.28. The van der Waals surface area contributed by atoms with Crippen LogP contribution in [-0.2, 0) is 26.2 Å². The number of aryl methyl sites for hydroxylation is 1. The Labute approximate surface area is 208 Å². The molecule has 0 aliphatic carbocycles. The normalized spacial score (nSPS) is 12.9. The zero-order chi connectivity index (χ0) is 25.7. The van der Waals surface area contributed by atoms with E-state index in [1.807, 2.05) is 58.9 Å². The van der Waals surface area contributed by atoms with E-state index in [0.717, 1.165) is 15.4 Å². The summed E-state index contributed by atoms with van der Waals surface area (Å²) in [7, 11) is -2.57. The van der Waals surface area contributed by atoms with Gasteiger partial charge in [0.1, 0.15) is 6.04 Å². The van der Waals surface area contributed by atoms with E-state index in [4.69, 9.17) is 11.6 Å². The van der Waals surface area contributed by atoms with Crippen molar-refractivity contribution in [3.05, 3.63) is 64.7 Å². The van der Waals surface area contributed by atoms with Crippen molar-refractivity contribution in [2.75, 3.05) is 13.6 Å². The van der Waals surface area contributed by atoms with E-state index in [1.165, 1.54) is 36.2 Å². The molecule has 0 radical (unpaired) electrons. The van der Waals surface area contributed by atoms with Crippen LogP contribution in [-0.4, -0.2) is 54.6 Å². The Morgan fingerprint density at radius 2 is 1.65 bits per heavy atom. The van der Waals surface area contributed by atoms with Crippen molar-refractivity contribution >= 4 is 33.4 Å². The molecule has 34 heavy (non-hydrogen) atoms. The third kappa shape index (κ3) is 7.29. The number of carbonyl (C=O) groups excluding carboxylic acids is 2. The second-order valence-electron chi connectivity index (χ2n) is 9.33. The van der Waals surface area contributed by atoms with Gasteiger partial charge in [-0.25, -0.2) is 8.42 Å². The van der Waals surface area contributed by atoms with E-state index in [1.54, 1.807) is 0 Å². The van der Waals surface area contributed by atoms with Crippen molar-refractivity contribution in [1.29, 1.82) is 0 Å². The molecule has 0 spiro atoms. The van der Waals surface area contributed by atoms with Crippen LogP contribution in [0.3, 0.4) is 0 Å². The molecule has 1 atom stereocenters. The summed E-state index contributed by atoms with van der Waals surface area (Å²) in [5.41, 5.74) is 1.39. The molecule has 2 aromatic carbocycles. The molecule has 0 saturated carbocycles. The lowest BCUT2D eigenvalue weighted by Gasteiger charge is -2.34. The van der Waals surface area contributed by atoms with Gasteiger partial charge in [-0.05, 0) is 69.5 Å². The van der Waals surface area contributed by atoms with Gasteiger partial charge < -0.3 is 10.2 Å². The first-order valence-electron chi connectivity index (χ1n) is 11.1. The van der Waals surface area contributed by atoms with Crippen LogP contribution in [0.15, 0.2) is 53.4 Å². The molecule has 0 aliphatic rings. The number of hydrogen-bond donors (Lipinski definition) is 1. The van der Waals surface area contributed by atoms with Crippen LogP contribution in [0.1, 0.15) is 45.2 Å². The zero-order valence-electron chi connectivity index (χ0n) is 20.6. The summed E-state index contributed by atoms with van der Waals surface area (Å²) in [5, 5.41) is 3.36. The third-order valence-corrected chi connectivity index (χ3v) is 7.44. The molecule has 0 heterocycles. The Hall–Kier alpha value is -2.42. The fraction of sp³-hybridized carbons (Fsp3) is 0.440. The second kappa shape index (κ2) is 11.3. The molecule has 0 aromatic heterocycles. The number of nitrogens with zero attached hydrogens (tertiary/aromatic N) is 2. The maximum atomic E-state index is 13.5. The van der Waals surface area contributed by atoms with Gasteiger partial charge in [0, 0.05) is 24.2 Å². The van der Waals surface area contributed by atoms with E-state index >= 15 is 0 Å². The molecular weight excluding hydrogens is 474 g/mol. The van der Waals surface area contributed by atoms with Gasteiger partial charge in [-0.2, -0.15) is 4.31 Å². The summed E-state index contributed by atoms with van der Waals surface area (Å²) >= 11 is 5.88. The number of hydrogen-bond acceptors (Lipinski definition) is 4. The molecule has 0 bridgehead atoms. The lowest BCUT2D eigenvalue weighted by atomic mass is 10.0. The number of rotatable bonds is 9. The van der Waals surface area contributed by atoms with Crippen molar-refractivity contribution in [2.45, 2.75) is 64.1 Å². The van der Waals surface area contributed by atoms with E-state index < -0.39 is 34.1 Å². The average molecular weight is 508 g/mol. The van der Waals surface area contributed by atoms with E-state index in [-0.39, 0.29) is 17.3 Å². The topological polar surface area (TPSA) is 86.8 Å². The monoisotopic (exact) mass is 507 g/mol. The van der Waals surface area contributed by atoms with Crippen molar-refractivity contribution in [3.8, 4) is 0 Å². The summed E-state index contributed by atoms with van der Waals surface area (Å²) < 4.78 is 27.0.